The molecular formula is C18H20N6. The highest BCUT2D eigenvalue weighted by Gasteiger charge is 2.26. The number of imidazole rings is 1. The van der Waals surface area contributed by atoms with Gasteiger partial charge in [0.1, 0.15) is 11.5 Å². The molecule has 0 saturated carbocycles. The zero-order chi connectivity index (χ0) is 16.4. The third-order valence-corrected chi connectivity index (χ3v) is 4.44. The van der Waals surface area contributed by atoms with Crippen LogP contribution in [0.25, 0.3) is 11.5 Å². The molecule has 3 aromatic rings. The summed E-state index contributed by atoms with van der Waals surface area (Å²) in [7, 11) is 0. The molecule has 0 radical (unpaired) electrons. The van der Waals surface area contributed by atoms with Crippen molar-refractivity contribution < 1.29 is 0 Å². The van der Waals surface area contributed by atoms with Crippen molar-refractivity contribution in [3.05, 3.63) is 54.4 Å². The lowest BCUT2D eigenvalue weighted by atomic mass is 9.93. The summed E-state index contributed by atoms with van der Waals surface area (Å²) in [4.78, 5) is 23.7. The summed E-state index contributed by atoms with van der Waals surface area (Å²) >= 11 is 0. The topological polar surface area (TPSA) is 70.6 Å². The second-order valence-corrected chi connectivity index (χ2v) is 6.18. The Hall–Kier alpha value is -2.76. The van der Waals surface area contributed by atoms with Crippen molar-refractivity contribution in [1.82, 2.24) is 24.9 Å². The molecule has 1 aliphatic rings. The molecule has 1 N–H and O–H groups in total. The molecule has 1 saturated heterocycles. The highest BCUT2D eigenvalue weighted by atomic mass is 15.2. The van der Waals surface area contributed by atoms with Crippen LogP contribution >= 0.6 is 0 Å². The van der Waals surface area contributed by atoms with Gasteiger partial charge in [-0.05, 0) is 31.9 Å². The Morgan fingerprint density at radius 1 is 1.08 bits per heavy atom. The molecule has 0 unspecified atom stereocenters. The van der Waals surface area contributed by atoms with E-state index < -0.39 is 0 Å². The molecule has 0 spiro atoms. The number of nitrogens with one attached hydrogen (secondary N) is 1. The first kappa shape index (κ1) is 14.8. The van der Waals surface area contributed by atoms with Crippen LogP contribution in [0.2, 0.25) is 0 Å². The first-order valence-corrected chi connectivity index (χ1v) is 8.30. The highest BCUT2D eigenvalue weighted by molar-refractivity contribution is 5.54. The molecule has 0 aliphatic carbocycles. The van der Waals surface area contributed by atoms with E-state index in [0.29, 0.717) is 5.92 Å². The Kier molecular flexibility index (Phi) is 3.94. The lowest BCUT2D eigenvalue weighted by Crippen LogP contribution is -2.35. The maximum Gasteiger partial charge on any atom is 0.158 e. The molecule has 0 aromatic carbocycles. The van der Waals surface area contributed by atoms with Gasteiger partial charge in [0, 0.05) is 49.5 Å². The van der Waals surface area contributed by atoms with E-state index in [2.05, 4.69) is 35.9 Å². The van der Waals surface area contributed by atoms with E-state index in [-0.39, 0.29) is 0 Å². The molecule has 4 heterocycles. The summed E-state index contributed by atoms with van der Waals surface area (Å²) in [5.41, 5.74) is 2.91. The van der Waals surface area contributed by atoms with E-state index in [1.54, 1.807) is 12.4 Å². The summed E-state index contributed by atoms with van der Waals surface area (Å²) in [6.45, 7) is 3.93. The predicted octanol–water partition coefficient (Wildman–Crippen LogP) is 2.95. The van der Waals surface area contributed by atoms with Crippen LogP contribution in [0, 0.1) is 6.92 Å². The summed E-state index contributed by atoms with van der Waals surface area (Å²) in [5.74, 6) is 2.15. The SMILES string of the molecule is Cc1cnc(-c2nccnc2[C@@H]2CCCN(c3ccccn3)C2)[nH]1. The molecule has 1 aliphatic heterocycles. The van der Waals surface area contributed by atoms with Gasteiger partial charge in [0.25, 0.3) is 0 Å². The fraction of sp³-hybridized carbons (Fsp3) is 0.333. The molecule has 1 fully saturated rings. The van der Waals surface area contributed by atoms with E-state index in [0.717, 1.165) is 54.7 Å². The van der Waals surface area contributed by atoms with Crippen molar-refractivity contribution in [1.29, 1.82) is 0 Å². The van der Waals surface area contributed by atoms with Gasteiger partial charge in [0.15, 0.2) is 5.82 Å². The number of anilines is 1. The summed E-state index contributed by atoms with van der Waals surface area (Å²) < 4.78 is 0. The van der Waals surface area contributed by atoms with E-state index in [1.165, 1.54) is 0 Å². The fourth-order valence-electron chi connectivity index (χ4n) is 3.31. The van der Waals surface area contributed by atoms with Crippen molar-refractivity contribution in [2.45, 2.75) is 25.7 Å². The van der Waals surface area contributed by atoms with Gasteiger partial charge in [0.05, 0.1) is 5.69 Å². The van der Waals surface area contributed by atoms with Crippen LogP contribution in [0.3, 0.4) is 0 Å². The van der Waals surface area contributed by atoms with Crippen LogP contribution < -0.4 is 4.90 Å². The highest BCUT2D eigenvalue weighted by Crippen LogP contribution is 2.32. The first-order chi connectivity index (χ1) is 11.8. The smallest absolute Gasteiger partial charge is 0.158 e. The number of aromatic nitrogens is 5. The maximum atomic E-state index is 4.65. The van der Waals surface area contributed by atoms with Gasteiger partial charge >= 0.3 is 0 Å². The van der Waals surface area contributed by atoms with Crippen molar-refractivity contribution in [3.63, 3.8) is 0 Å². The third-order valence-electron chi connectivity index (χ3n) is 4.44. The molecule has 1 atom stereocenters. The minimum absolute atomic E-state index is 0.329. The van der Waals surface area contributed by atoms with Gasteiger partial charge in [-0.2, -0.15) is 0 Å². The molecule has 6 heteroatoms. The molecule has 24 heavy (non-hydrogen) atoms. The number of aromatic amines is 1. The third kappa shape index (κ3) is 2.87. The van der Waals surface area contributed by atoms with E-state index in [9.17, 15) is 0 Å². The monoisotopic (exact) mass is 320 g/mol. The Morgan fingerprint density at radius 3 is 2.79 bits per heavy atom. The molecule has 6 nitrogen and oxygen atoms in total. The zero-order valence-corrected chi connectivity index (χ0v) is 13.7. The quantitative estimate of drug-likeness (QED) is 0.803. The summed E-state index contributed by atoms with van der Waals surface area (Å²) in [5, 5.41) is 0. The molecular weight excluding hydrogens is 300 g/mol. The van der Waals surface area contributed by atoms with Crippen LogP contribution in [0.15, 0.2) is 43.0 Å². The number of H-pyrrole nitrogens is 1. The molecule has 4 rings (SSSR count). The van der Waals surface area contributed by atoms with Crippen molar-refractivity contribution in [3.8, 4) is 11.5 Å². The second-order valence-electron chi connectivity index (χ2n) is 6.18. The maximum absolute atomic E-state index is 4.65. The minimum Gasteiger partial charge on any atom is -0.356 e. The van der Waals surface area contributed by atoms with Crippen LogP contribution in [0.5, 0.6) is 0 Å². The predicted molar refractivity (Wildman–Crippen MR) is 92.8 cm³/mol. The van der Waals surface area contributed by atoms with Gasteiger partial charge in [-0.3, -0.25) is 4.98 Å². The Morgan fingerprint density at radius 2 is 2.00 bits per heavy atom. The number of rotatable bonds is 3. The van der Waals surface area contributed by atoms with Gasteiger partial charge in [-0.25, -0.2) is 15.0 Å². The fourth-order valence-corrected chi connectivity index (χ4v) is 3.31. The number of aryl methyl sites for hydroxylation is 1. The summed E-state index contributed by atoms with van der Waals surface area (Å²) in [6, 6.07) is 6.05. The van der Waals surface area contributed by atoms with E-state index in [4.69, 9.17) is 0 Å². The van der Waals surface area contributed by atoms with E-state index >= 15 is 0 Å². The largest absolute Gasteiger partial charge is 0.356 e. The lowest BCUT2D eigenvalue weighted by molar-refractivity contribution is 0.498. The number of hydrogen-bond donors (Lipinski definition) is 1. The van der Waals surface area contributed by atoms with Crippen LogP contribution in [0.1, 0.15) is 30.1 Å². The van der Waals surface area contributed by atoms with Gasteiger partial charge in [-0.15, -0.1) is 0 Å². The second kappa shape index (κ2) is 6.39. The molecule has 0 bridgehead atoms. The number of piperidine rings is 1. The first-order valence-electron chi connectivity index (χ1n) is 8.30. The van der Waals surface area contributed by atoms with Crippen molar-refractivity contribution in [2.75, 3.05) is 18.0 Å². The number of pyridine rings is 1. The van der Waals surface area contributed by atoms with E-state index in [1.807, 2.05) is 31.5 Å². The van der Waals surface area contributed by atoms with Crippen molar-refractivity contribution >= 4 is 5.82 Å². The lowest BCUT2D eigenvalue weighted by Gasteiger charge is -2.33. The summed E-state index contributed by atoms with van der Waals surface area (Å²) in [6.07, 6.45) is 9.40. The van der Waals surface area contributed by atoms with Crippen LogP contribution in [0.4, 0.5) is 5.82 Å². The molecule has 3 aromatic heterocycles. The average molecular weight is 320 g/mol. The van der Waals surface area contributed by atoms with Gasteiger partial charge < -0.3 is 9.88 Å². The zero-order valence-electron chi connectivity index (χ0n) is 13.7. The van der Waals surface area contributed by atoms with Crippen molar-refractivity contribution in [2.24, 2.45) is 0 Å². The molecule has 122 valence electrons. The number of hydrogen-bond acceptors (Lipinski definition) is 5. The van der Waals surface area contributed by atoms with Crippen LogP contribution in [-0.4, -0.2) is 38.0 Å². The average Bonchev–Trinajstić information content (AvgIpc) is 3.09. The Balaban J connectivity index is 1.64. The normalized spacial score (nSPS) is 17.9. The Labute approximate surface area is 141 Å². The minimum atomic E-state index is 0.329. The molecule has 0 amide bonds. The Bertz CT molecular complexity index is 813. The van der Waals surface area contributed by atoms with Gasteiger partial charge in [-0.1, -0.05) is 6.07 Å². The standard InChI is InChI=1S/C18H20N6/c1-13-11-22-18(23-13)17-16(20-8-9-21-17)14-5-4-10-24(12-14)15-6-2-3-7-19-15/h2-3,6-9,11,14H,4-5,10,12H2,1H3,(H,22,23)/t14-/m1/s1. The number of nitrogens with zero attached hydrogens (tertiary/aromatic N) is 5. The van der Waals surface area contributed by atoms with Gasteiger partial charge in [0.2, 0.25) is 0 Å². The van der Waals surface area contributed by atoms with Crippen LogP contribution in [-0.2, 0) is 0 Å².